The second-order valence-electron chi connectivity index (χ2n) is 8.31. The third kappa shape index (κ3) is 5.44. The monoisotopic (exact) mass is 460 g/mol. The third-order valence-corrected chi connectivity index (χ3v) is 5.99. The summed E-state index contributed by atoms with van der Waals surface area (Å²) < 4.78 is 7.33. The maximum Gasteiger partial charge on any atom is 0.181 e. The van der Waals surface area contributed by atoms with Crippen molar-refractivity contribution >= 4 is 12.4 Å². The Balaban J connectivity index is 0.00000259. The Hall–Kier alpha value is -3.15. The van der Waals surface area contributed by atoms with Crippen LogP contribution in [0.25, 0.3) is 22.8 Å². The molecule has 0 saturated carbocycles. The van der Waals surface area contributed by atoms with E-state index in [4.69, 9.17) is 14.8 Å². The second-order valence-corrected chi connectivity index (χ2v) is 8.31. The molecule has 0 aliphatic carbocycles. The molecular formula is C27H29ClN4O. The van der Waals surface area contributed by atoms with Crippen LogP contribution in [0.5, 0.6) is 5.75 Å². The molecular weight excluding hydrogens is 432 g/mol. The lowest BCUT2D eigenvalue weighted by Gasteiger charge is -2.14. The molecule has 1 fully saturated rings. The Morgan fingerprint density at radius 3 is 2.24 bits per heavy atom. The van der Waals surface area contributed by atoms with Crippen molar-refractivity contribution in [3.63, 3.8) is 0 Å². The highest BCUT2D eigenvalue weighted by atomic mass is 35.5. The molecule has 0 atom stereocenters. The fourth-order valence-electron chi connectivity index (χ4n) is 4.29. The van der Waals surface area contributed by atoms with Gasteiger partial charge in [0.05, 0.1) is 13.7 Å². The van der Waals surface area contributed by atoms with Crippen molar-refractivity contribution in [1.29, 1.82) is 0 Å². The Morgan fingerprint density at radius 1 is 0.788 bits per heavy atom. The summed E-state index contributed by atoms with van der Waals surface area (Å²) in [6, 6.07) is 27.1. The average molecular weight is 461 g/mol. The normalized spacial score (nSPS) is 13.6. The first kappa shape index (κ1) is 23.0. The van der Waals surface area contributed by atoms with E-state index in [1.165, 1.54) is 37.1 Å². The molecule has 1 aromatic heterocycles. The van der Waals surface area contributed by atoms with E-state index in [1.54, 1.807) is 7.11 Å². The molecule has 6 heteroatoms. The molecule has 0 radical (unpaired) electrons. The predicted molar refractivity (Wildman–Crippen MR) is 135 cm³/mol. The lowest BCUT2D eigenvalue weighted by atomic mass is 10.1. The topological polar surface area (TPSA) is 43.2 Å². The van der Waals surface area contributed by atoms with Gasteiger partial charge < -0.3 is 4.74 Å². The molecule has 0 amide bonds. The first-order valence-corrected chi connectivity index (χ1v) is 11.2. The lowest BCUT2D eigenvalue weighted by molar-refractivity contribution is 0.331. The van der Waals surface area contributed by atoms with Crippen molar-refractivity contribution in [2.75, 3.05) is 20.2 Å². The summed E-state index contributed by atoms with van der Waals surface area (Å²) >= 11 is 0. The zero-order valence-corrected chi connectivity index (χ0v) is 19.7. The first-order valence-electron chi connectivity index (χ1n) is 11.2. The Bertz CT molecular complexity index is 1170. The second kappa shape index (κ2) is 10.6. The molecule has 5 nitrogen and oxygen atoms in total. The highest BCUT2D eigenvalue weighted by molar-refractivity contribution is 5.85. The standard InChI is InChI=1S/C27H28N4O.ClH/c1-32-25-14-12-23(13-15-25)27-28-26(29-31(27)20-21-8-3-2-4-9-21)24-11-7-10-22(18-24)19-30-16-5-6-17-30;/h2-4,7-15,18H,5-6,16-17,19-20H2,1H3;1H. The summed E-state index contributed by atoms with van der Waals surface area (Å²) in [6.45, 7) is 4.04. The van der Waals surface area contributed by atoms with Gasteiger partial charge in [-0.2, -0.15) is 5.10 Å². The molecule has 3 aromatic carbocycles. The largest absolute Gasteiger partial charge is 0.497 e. The summed E-state index contributed by atoms with van der Waals surface area (Å²) in [6.07, 6.45) is 2.60. The molecule has 0 unspecified atom stereocenters. The summed E-state index contributed by atoms with van der Waals surface area (Å²) in [4.78, 5) is 7.49. The van der Waals surface area contributed by atoms with E-state index in [0.29, 0.717) is 6.54 Å². The van der Waals surface area contributed by atoms with E-state index >= 15 is 0 Å². The minimum atomic E-state index is 0. The predicted octanol–water partition coefficient (Wildman–Crippen LogP) is 5.69. The van der Waals surface area contributed by atoms with Gasteiger partial charge >= 0.3 is 0 Å². The summed E-state index contributed by atoms with van der Waals surface area (Å²) in [5.41, 5.74) is 4.59. The van der Waals surface area contributed by atoms with Gasteiger partial charge in [-0.1, -0.05) is 48.5 Å². The van der Waals surface area contributed by atoms with Gasteiger partial charge in [0.1, 0.15) is 5.75 Å². The van der Waals surface area contributed by atoms with E-state index in [1.807, 2.05) is 35.0 Å². The number of hydrogen-bond acceptors (Lipinski definition) is 4. The van der Waals surface area contributed by atoms with Crippen LogP contribution in [0, 0.1) is 0 Å². The smallest absolute Gasteiger partial charge is 0.181 e. The summed E-state index contributed by atoms with van der Waals surface area (Å²) in [5, 5.41) is 4.93. The fourth-order valence-corrected chi connectivity index (χ4v) is 4.29. The van der Waals surface area contributed by atoms with Gasteiger partial charge in [-0.15, -0.1) is 12.4 Å². The van der Waals surface area contributed by atoms with Gasteiger partial charge in [0.2, 0.25) is 0 Å². The molecule has 0 spiro atoms. The number of aromatic nitrogens is 3. The number of hydrogen-bond donors (Lipinski definition) is 0. The number of methoxy groups -OCH3 is 1. The molecule has 4 aromatic rings. The molecule has 0 N–H and O–H groups in total. The van der Waals surface area contributed by atoms with Crippen LogP contribution >= 0.6 is 12.4 Å². The van der Waals surface area contributed by atoms with Gasteiger partial charge in [0, 0.05) is 17.7 Å². The summed E-state index contributed by atoms with van der Waals surface area (Å²) in [5.74, 6) is 2.45. The minimum Gasteiger partial charge on any atom is -0.497 e. The van der Waals surface area contributed by atoms with Crippen LogP contribution < -0.4 is 4.74 Å². The third-order valence-electron chi connectivity index (χ3n) is 5.99. The number of benzene rings is 3. The molecule has 2 heterocycles. The quantitative estimate of drug-likeness (QED) is 0.355. The molecule has 33 heavy (non-hydrogen) atoms. The van der Waals surface area contributed by atoms with E-state index < -0.39 is 0 Å². The van der Waals surface area contributed by atoms with E-state index in [9.17, 15) is 0 Å². The Morgan fingerprint density at radius 2 is 1.52 bits per heavy atom. The zero-order valence-electron chi connectivity index (χ0n) is 18.9. The van der Waals surface area contributed by atoms with Gasteiger partial charge in [0.15, 0.2) is 11.6 Å². The minimum absolute atomic E-state index is 0. The highest BCUT2D eigenvalue weighted by Crippen LogP contribution is 2.26. The molecule has 170 valence electrons. The summed E-state index contributed by atoms with van der Waals surface area (Å²) in [7, 11) is 1.68. The number of likely N-dealkylation sites (tertiary alicyclic amines) is 1. The van der Waals surface area contributed by atoms with Crippen molar-refractivity contribution in [1.82, 2.24) is 19.7 Å². The first-order chi connectivity index (χ1) is 15.8. The van der Waals surface area contributed by atoms with Crippen LogP contribution in [0.1, 0.15) is 24.0 Å². The van der Waals surface area contributed by atoms with Gasteiger partial charge in [-0.3, -0.25) is 4.90 Å². The van der Waals surface area contributed by atoms with Gasteiger partial charge in [-0.05, 0) is 67.4 Å². The van der Waals surface area contributed by atoms with E-state index in [0.717, 1.165) is 35.1 Å². The molecule has 1 aliphatic heterocycles. The van der Waals surface area contributed by atoms with E-state index in [-0.39, 0.29) is 12.4 Å². The van der Waals surface area contributed by atoms with Crippen LogP contribution in [0.2, 0.25) is 0 Å². The maximum atomic E-state index is 5.33. The van der Waals surface area contributed by atoms with Gasteiger partial charge in [0.25, 0.3) is 0 Å². The van der Waals surface area contributed by atoms with Gasteiger partial charge in [-0.25, -0.2) is 9.67 Å². The highest BCUT2D eigenvalue weighted by Gasteiger charge is 2.16. The van der Waals surface area contributed by atoms with Crippen molar-refractivity contribution in [3.8, 4) is 28.5 Å². The number of halogens is 1. The van der Waals surface area contributed by atoms with Crippen molar-refractivity contribution in [3.05, 3.63) is 90.0 Å². The molecule has 5 rings (SSSR count). The zero-order chi connectivity index (χ0) is 21.8. The number of nitrogens with zero attached hydrogens (tertiary/aromatic N) is 4. The van der Waals surface area contributed by atoms with Crippen LogP contribution in [-0.4, -0.2) is 39.9 Å². The van der Waals surface area contributed by atoms with Crippen molar-refractivity contribution < 1.29 is 4.74 Å². The maximum absolute atomic E-state index is 5.33. The number of rotatable bonds is 7. The fraction of sp³-hybridized carbons (Fsp3) is 0.259. The Labute approximate surface area is 201 Å². The molecule has 1 saturated heterocycles. The van der Waals surface area contributed by atoms with Crippen LogP contribution in [-0.2, 0) is 13.1 Å². The van der Waals surface area contributed by atoms with Crippen molar-refractivity contribution in [2.45, 2.75) is 25.9 Å². The van der Waals surface area contributed by atoms with Crippen LogP contribution in [0.4, 0.5) is 0 Å². The molecule has 1 aliphatic rings. The molecule has 0 bridgehead atoms. The van der Waals surface area contributed by atoms with Crippen LogP contribution in [0.15, 0.2) is 78.9 Å². The SMILES string of the molecule is COc1ccc(-c2nc(-c3cccc(CN4CCCC4)c3)nn2Cc2ccccc2)cc1.Cl. The number of ether oxygens (including phenoxy) is 1. The van der Waals surface area contributed by atoms with Crippen LogP contribution in [0.3, 0.4) is 0 Å². The lowest BCUT2D eigenvalue weighted by Crippen LogP contribution is -2.18. The van der Waals surface area contributed by atoms with Crippen molar-refractivity contribution in [2.24, 2.45) is 0 Å². The van der Waals surface area contributed by atoms with E-state index in [2.05, 4.69) is 53.4 Å². The Kier molecular flexibility index (Phi) is 7.43. The average Bonchev–Trinajstić information content (AvgIpc) is 3.50.